The molecule has 0 radical (unpaired) electrons. The number of hydrogen-bond acceptors (Lipinski definition) is 4. The minimum atomic E-state index is -0.134. The van der Waals surface area contributed by atoms with Crippen molar-refractivity contribution in [2.75, 3.05) is 39.3 Å². The van der Waals surface area contributed by atoms with Crippen LogP contribution in [-0.2, 0) is 4.79 Å². The quantitative estimate of drug-likeness (QED) is 0.593. The molecule has 3 aromatic rings. The van der Waals surface area contributed by atoms with E-state index in [1.807, 2.05) is 34.9 Å². The van der Waals surface area contributed by atoms with E-state index in [1.165, 1.54) is 6.26 Å². The van der Waals surface area contributed by atoms with Crippen molar-refractivity contribution in [1.82, 2.24) is 19.7 Å². The minimum Gasteiger partial charge on any atom is -0.459 e. The minimum absolute atomic E-state index is 0.0212. The van der Waals surface area contributed by atoms with Gasteiger partial charge in [-0.1, -0.05) is 18.5 Å². The van der Waals surface area contributed by atoms with E-state index in [0.29, 0.717) is 55.7 Å². The number of amides is 3. The molecule has 3 amide bonds. The summed E-state index contributed by atoms with van der Waals surface area (Å²) >= 11 is 6.06. The van der Waals surface area contributed by atoms with Crippen LogP contribution in [0.25, 0.3) is 10.9 Å². The van der Waals surface area contributed by atoms with Gasteiger partial charge in [-0.3, -0.25) is 14.4 Å². The lowest BCUT2D eigenvalue weighted by Crippen LogP contribution is -2.52. The Morgan fingerprint density at radius 2 is 1.63 bits per heavy atom. The number of hydrogen-bond donors (Lipinski definition) is 1. The summed E-state index contributed by atoms with van der Waals surface area (Å²) in [4.78, 5) is 47.3. The van der Waals surface area contributed by atoms with Crippen LogP contribution < -0.4 is 0 Å². The summed E-state index contributed by atoms with van der Waals surface area (Å²) in [5, 5.41) is 1.56. The Bertz CT molecular complexity index is 1220. The van der Waals surface area contributed by atoms with Gasteiger partial charge in [0.05, 0.1) is 6.26 Å². The van der Waals surface area contributed by atoms with Crippen LogP contribution in [-0.4, -0.2) is 76.7 Å². The summed E-state index contributed by atoms with van der Waals surface area (Å²) in [7, 11) is 0. The number of carbonyl (C=O) groups is 3. The van der Waals surface area contributed by atoms with E-state index in [1.54, 1.807) is 23.1 Å². The standard InChI is InChI=1S/C26H29ClN4O4/c1-17(24(32)30-10-12-31(13-11-30)26(34)23-3-2-14-35-23)18-6-8-29(9-7-18)25(33)22-16-19-15-20(27)4-5-21(19)28-22/h2-5,14-18,28H,6-13H2,1H3/t17-/m0/s1. The molecular weight excluding hydrogens is 468 g/mol. The Kier molecular flexibility index (Phi) is 6.56. The molecule has 0 spiro atoms. The van der Waals surface area contributed by atoms with Crippen LogP contribution in [0, 0.1) is 11.8 Å². The van der Waals surface area contributed by atoms with Crippen molar-refractivity contribution < 1.29 is 18.8 Å². The molecule has 0 unspecified atom stereocenters. The molecule has 9 heteroatoms. The third-order valence-electron chi connectivity index (χ3n) is 7.35. The molecule has 5 rings (SSSR count). The molecule has 0 bridgehead atoms. The predicted molar refractivity (Wildman–Crippen MR) is 132 cm³/mol. The molecule has 4 heterocycles. The number of furan rings is 1. The number of likely N-dealkylation sites (tertiary alicyclic amines) is 1. The first kappa shape index (κ1) is 23.5. The predicted octanol–water partition coefficient (Wildman–Crippen LogP) is 3.89. The van der Waals surface area contributed by atoms with Gasteiger partial charge in [0.2, 0.25) is 5.91 Å². The number of aromatic amines is 1. The van der Waals surface area contributed by atoms with Crippen molar-refractivity contribution in [2.45, 2.75) is 19.8 Å². The van der Waals surface area contributed by atoms with Crippen molar-refractivity contribution in [3.05, 3.63) is 59.1 Å². The second kappa shape index (κ2) is 9.77. The van der Waals surface area contributed by atoms with E-state index in [0.717, 1.165) is 23.7 Å². The molecule has 2 fully saturated rings. The van der Waals surface area contributed by atoms with Gasteiger partial charge in [0.15, 0.2) is 5.76 Å². The second-order valence-electron chi connectivity index (χ2n) is 9.43. The van der Waals surface area contributed by atoms with Crippen LogP contribution in [0.5, 0.6) is 0 Å². The number of fused-ring (bicyclic) bond motifs is 1. The van der Waals surface area contributed by atoms with Gasteiger partial charge in [-0.2, -0.15) is 0 Å². The topological polar surface area (TPSA) is 89.9 Å². The number of nitrogens with zero attached hydrogens (tertiary/aromatic N) is 3. The summed E-state index contributed by atoms with van der Waals surface area (Å²) < 4.78 is 5.21. The largest absolute Gasteiger partial charge is 0.459 e. The molecule has 2 aromatic heterocycles. The SMILES string of the molecule is C[C@H](C(=O)N1CCN(C(=O)c2ccco2)CC1)C1CCN(C(=O)c2cc3cc(Cl)ccc3[nH]2)CC1. The normalized spacial score (nSPS) is 18.2. The number of carbonyl (C=O) groups excluding carboxylic acids is 3. The molecule has 2 saturated heterocycles. The van der Waals surface area contributed by atoms with Gasteiger partial charge in [-0.05, 0) is 55.2 Å². The third-order valence-corrected chi connectivity index (χ3v) is 7.58. The van der Waals surface area contributed by atoms with E-state index in [-0.39, 0.29) is 29.6 Å². The van der Waals surface area contributed by atoms with E-state index in [2.05, 4.69) is 4.98 Å². The zero-order chi connectivity index (χ0) is 24.5. The number of rotatable bonds is 4. The molecule has 2 aliphatic heterocycles. The highest BCUT2D eigenvalue weighted by Gasteiger charge is 2.34. The first-order valence-electron chi connectivity index (χ1n) is 12.1. The van der Waals surface area contributed by atoms with E-state index >= 15 is 0 Å². The van der Waals surface area contributed by atoms with E-state index in [9.17, 15) is 14.4 Å². The second-order valence-corrected chi connectivity index (χ2v) is 9.86. The van der Waals surface area contributed by atoms with Crippen molar-refractivity contribution in [3.63, 3.8) is 0 Å². The lowest BCUT2D eigenvalue weighted by atomic mass is 9.84. The average molecular weight is 497 g/mol. The van der Waals surface area contributed by atoms with Crippen molar-refractivity contribution in [3.8, 4) is 0 Å². The molecule has 0 aliphatic carbocycles. The zero-order valence-electron chi connectivity index (χ0n) is 19.7. The van der Waals surface area contributed by atoms with E-state index < -0.39 is 0 Å². The van der Waals surface area contributed by atoms with Crippen LogP contribution in [0.15, 0.2) is 47.1 Å². The summed E-state index contributed by atoms with van der Waals surface area (Å²) in [6.07, 6.45) is 3.08. The van der Waals surface area contributed by atoms with Crippen LogP contribution in [0.1, 0.15) is 40.8 Å². The Balaban J connectivity index is 1.12. The zero-order valence-corrected chi connectivity index (χ0v) is 20.5. The van der Waals surface area contributed by atoms with Gasteiger partial charge in [0, 0.05) is 61.1 Å². The van der Waals surface area contributed by atoms with Gasteiger partial charge < -0.3 is 24.1 Å². The van der Waals surface area contributed by atoms with Gasteiger partial charge >= 0.3 is 0 Å². The third kappa shape index (κ3) is 4.80. The van der Waals surface area contributed by atoms with Gasteiger partial charge in [-0.15, -0.1) is 0 Å². The maximum atomic E-state index is 13.2. The number of benzene rings is 1. The molecule has 0 saturated carbocycles. The molecule has 35 heavy (non-hydrogen) atoms. The van der Waals surface area contributed by atoms with Gasteiger partial charge in [0.25, 0.3) is 11.8 Å². The van der Waals surface area contributed by atoms with Crippen LogP contribution >= 0.6 is 11.6 Å². The maximum absolute atomic E-state index is 13.2. The summed E-state index contributed by atoms with van der Waals surface area (Å²) in [6.45, 7) is 5.30. The highest BCUT2D eigenvalue weighted by atomic mass is 35.5. The molecule has 1 atom stereocenters. The maximum Gasteiger partial charge on any atom is 0.289 e. The number of piperazine rings is 1. The summed E-state index contributed by atoms with van der Waals surface area (Å²) in [5.74, 6) is 0.422. The first-order valence-corrected chi connectivity index (χ1v) is 12.5. The molecule has 2 aliphatic rings. The van der Waals surface area contributed by atoms with Crippen molar-refractivity contribution in [1.29, 1.82) is 0 Å². The summed E-state index contributed by atoms with van der Waals surface area (Å²) in [6, 6.07) is 10.7. The van der Waals surface area contributed by atoms with Crippen molar-refractivity contribution >= 4 is 40.2 Å². The van der Waals surface area contributed by atoms with Crippen molar-refractivity contribution in [2.24, 2.45) is 11.8 Å². The number of nitrogens with one attached hydrogen (secondary N) is 1. The molecule has 1 aromatic carbocycles. The number of halogens is 1. The first-order chi connectivity index (χ1) is 16.9. The van der Waals surface area contributed by atoms with E-state index in [4.69, 9.17) is 16.0 Å². The highest BCUT2D eigenvalue weighted by Crippen LogP contribution is 2.28. The fraction of sp³-hybridized carbons (Fsp3) is 0.423. The lowest BCUT2D eigenvalue weighted by Gasteiger charge is -2.39. The Morgan fingerprint density at radius 3 is 2.31 bits per heavy atom. The lowest BCUT2D eigenvalue weighted by molar-refractivity contribution is -0.138. The van der Waals surface area contributed by atoms with Crippen LogP contribution in [0.3, 0.4) is 0 Å². The van der Waals surface area contributed by atoms with Crippen LogP contribution in [0.4, 0.5) is 0 Å². The Hall–Kier alpha value is -3.26. The molecule has 184 valence electrons. The summed E-state index contributed by atoms with van der Waals surface area (Å²) in [5.41, 5.74) is 1.45. The number of piperidine rings is 1. The molecule has 1 N–H and O–H groups in total. The number of H-pyrrole nitrogens is 1. The Labute approximate surface area is 208 Å². The smallest absolute Gasteiger partial charge is 0.289 e. The van der Waals surface area contributed by atoms with Crippen LogP contribution in [0.2, 0.25) is 5.02 Å². The fourth-order valence-corrected chi connectivity index (χ4v) is 5.35. The number of aromatic nitrogens is 1. The Morgan fingerprint density at radius 1 is 0.943 bits per heavy atom. The highest BCUT2D eigenvalue weighted by molar-refractivity contribution is 6.31. The molecule has 8 nitrogen and oxygen atoms in total. The average Bonchev–Trinajstić information content (AvgIpc) is 3.57. The monoisotopic (exact) mass is 496 g/mol. The van der Waals surface area contributed by atoms with Gasteiger partial charge in [-0.25, -0.2) is 0 Å². The molecular formula is C26H29ClN4O4. The van der Waals surface area contributed by atoms with Gasteiger partial charge in [0.1, 0.15) is 5.69 Å². The fourth-order valence-electron chi connectivity index (χ4n) is 5.17.